The Morgan fingerprint density at radius 2 is 1.18 bits per heavy atom. The second kappa shape index (κ2) is 4.98. The third kappa shape index (κ3) is 2.19. The van der Waals surface area contributed by atoms with Crippen LogP contribution in [0.1, 0.15) is 64.7 Å². The van der Waals surface area contributed by atoms with Gasteiger partial charge in [0.1, 0.15) is 7.85 Å². The molecule has 1 heteroatoms. The predicted octanol–water partition coefficient (Wildman–Crippen LogP) is 4.06. The Balaban J connectivity index is 1.71. The van der Waals surface area contributed by atoms with Crippen molar-refractivity contribution in [3.63, 3.8) is 0 Å². The van der Waals surface area contributed by atoms with Gasteiger partial charge in [-0.05, 0) is 48.9 Å². The summed E-state index contributed by atoms with van der Waals surface area (Å²) in [6.07, 6.45) is 13.9. The fourth-order valence-electron chi connectivity index (χ4n) is 5.70. The zero-order valence-corrected chi connectivity index (χ0v) is 11.8. The van der Waals surface area contributed by atoms with Gasteiger partial charge in [-0.2, -0.15) is 0 Å². The Morgan fingerprint density at radius 3 is 1.76 bits per heavy atom. The van der Waals surface area contributed by atoms with Gasteiger partial charge in [-0.15, -0.1) is 0 Å². The molecule has 3 aliphatic carbocycles. The van der Waals surface area contributed by atoms with Gasteiger partial charge < -0.3 is 0 Å². The molecule has 6 atom stereocenters. The van der Waals surface area contributed by atoms with Crippen LogP contribution in [-0.4, -0.2) is 7.85 Å². The van der Waals surface area contributed by atoms with E-state index in [4.69, 9.17) is 0 Å². The summed E-state index contributed by atoms with van der Waals surface area (Å²) in [6.45, 7) is 2.53. The van der Waals surface area contributed by atoms with Crippen LogP contribution < -0.4 is 0 Å². The Hall–Kier alpha value is 0.0649. The van der Waals surface area contributed by atoms with Crippen LogP contribution in [0.15, 0.2) is 0 Å². The van der Waals surface area contributed by atoms with Crippen molar-refractivity contribution in [3.05, 3.63) is 0 Å². The van der Waals surface area contributed by atoms with E-state index in [0.29, 0.717) is 0 Å². The molecule has 0 bridgehead atoms. The first-order valence-electron chi connectivity index (χ1n) is 8.27. The SMILES string of the molecule is BC1CCCC1C1CCCC1C1CCCC1C. The lowest BCUT2D eigenvalue weighted by molar-refractivity contribution is 0.168. The van der Waals surface area contributed by atoms with E-state index in [1.165, 1.54) is 25.7 Å². The summed E-state index contributed by atoms with van der Waals surface area (Å²) < 4.78 is 0. The summed E-state index contributed by atoms with van der Waals surface area (Å²) in [5.41, 5.74) is 0. The first-order valence-corrected chi connectivity index (χ1v) is 8.27. The summed E-state index contributed by atoms with van der Waals surface area (Å²) >= 11 is 0. The van der Waals surface area contributed by atoms with Crippen LogP contribution in [0, 0.1) is 29.6 Å². The third-order valence-electron chi connectivity index (χ3n) is 6.58. The zero-order valence-electron chi connectivity index (χ0n) is 11.8. The molecule has 0 radical (unpaired) electrons. The van der Waals surface area contributed by atoms with E-state index in [1.54, 1.807) is 32.1 Å². The predicted molar refractivity (Wildman–Crippen MR) is 77.0 cm³/mol. The van der Waals surface area contributed by atoms with E-state index >= 15 is 0 Å². The number of hydrogen-bond donors (Lipinski definition) is 0. The van der Waals surface area contributed by atoms with Crippen molar-refractivity contribution in [2.75, 3.05) is 0 Å². The first-order chi connectivity index (χ1) is 8.27. The average Bonchev–Trinajstić information content (AvgIpc) is 2.97. The van der Waals surface area contributed by atoms with E-state index in [1.807, 2.05) is 0 Å². The molecule has 6 unspecified atom stereocenters. The molecule has 0 spiro atoms. The minimum atomic E-state index is 1.04. The summed E-state index contributed by atoms with van der Waals surface area (Å²) in [5, 5.41) is 0. The molecule has 3 fully saturated rings. The van der Waals surface area contributed by atoms with Gasteiger partial charge in [0.05, 0.1) is 0 Å². The average molecular weight is 232 g/mol. The molecule has 0 nitrogen and oxygen atoms in total. The minimum absolute atomic E-state index is 1.04. The Morgan fingerprint density at radius 1 is 0.647 bits per heavy atom. The van der Waals surface area contributed by atoms with Gasteiger partial charge in [0.25, 0.3) is 0 Å². The maximum absolute atomic E-state index is 2.53. The molecular weight excluding hydrogens is 203 g/mol. The van der Waals surface area contributed by atoms with Crippen molar-refractivity contribution in [2.45, 2.75) is 70.5 Å². The van der Waals surface area contributed by atoms with Gasteiger partial charge in [-0.1, -0.05) is 51.3 Å². The van der Waals surface area contributed by atoms with Gasteiger partial charge in [0, 0.05) is 0 Å². The Kier molecular flexibility index (Phi) is 3.55. The second-order valence-electron chi connectivity index (χ2n) is 7.40. The Bertz CT molecular complexity index is 236. The van der Waals surface area contributed by atoms with Crippen LogP contribution in [0.3, 0.4) is 0 Å². The smallest absolute Gasteiger partial charge is 0.0667 e. The standard InChI is InChI=1S/C16H29B/c1-11-5-2-6-12(11)13-7-3-8-14(13)15-9-4-10-16(15)17/h11-16H,2-10,17H2,1H3. The quantitative estimate of drug-likeness (QED) is 0.630. The largest absolute Gasteiger partial charge is 0.105 e. The van der Waals surface area contributed by atoms with Crippen molar-refractivity contribution < 1.29 is 0 Å². The molecule has 3 saturated carbocycles. The highest BCUT2D eigenvalue weighted by atomic mass is 14.5. The highest BCUT2D eigenvalue weighted by Crippen LogP contribution is 2.53. The van der Waals surface area contributed by atoms with Crippen molar-refractivity contribution >= 4 is 7.85 Å². The van der Waals surface area contributed by atoms with Crippen LogP contribution >= 0.6 is 0 Å². The fraction of sp³-hybridized carbons (Fsp3) is 1.00. The summed E-state index contributed by atoms with van der Waals surface area (Å²) in [6, 6.07) is 0. The number of rotatable bonds is 2. The number of hydrogen-bond acceptors (Lipinski definition) is 0. The van der Waals surface area contributed by atoms with Gasteiger partial charge in [-0.25, -0.2) is 0 Å². The molecule has 3 aliphatic rings. The minimum Gasteiger partial charge on any atom is -0.0667 e. The van der Waals surface area contributed by atoms with Crippen LogP contribution in [-0.2, 0) is 0 Å². The van der Waals surface area contributed by atoms with Gasteiger partial charge in [-0.3, -0.25) is 0 Å². The summed E-state index contributed by atoms with van der Waals surface area (Å²) in [7, 11) is 2.53. The van der Waals surface area contributed by atoms with E-state index in [-0.39, 0.29) is 0 Å². The first kappa shape index (κ1) is 12.1. The topological polar surface area (TPSA) is 0 Å². The van der Waals surface area contributed by atoms with Crippen molar-refractivity contribution in [3.8, 4) is 0 Å². The maximum atomic E-state index is 2.53. The molecule has 0 aliphatic heterocycles. The molecule has 17 heavy (non-hydrogen) atoms. The molecule has 0 aromatic carbocycles. The third-order valence-corrected chi connectivity index (χ3v) is 6.58. The second-order valence-corrected chi connectivity index (χ2v) is 7.40. The lowest BCUT2D eigenvalue weighted by Gasteiger charge is -2.34. The highest BCUT2D eigenvalue weighted by Gasteiger charge is 2.43. The monoisotopic (exact) mass is 232 g/mol. The molecule has 0 aromatic rings. The summed E-state index contributed by atoms with van der Waals surface area (Å²) in [4.78, 5) is 0. The van der Waals surface area contributed by atoms with Crippen LogP contribution in [0.2, 0.25) is 5.82 Å². The van der Waals surface area contributed by atoms with Gasteiger partial charge in [0.15, 0.2) is 0 Å². The lowest BCUT2D eigenvalue weighted by atomic mass is 9.66. The fourth-order valence-corrected chi connectivity index (χ4v) is 5.70. The zero-order chi connectivity index (χ0) is 11.8. The molecule has 3 rings (SSSR count). The van der Waals surface area contributed by atoms with Crippen molar-refractivity contribution in [1.29, 1.82) is 0 Å². The molecule has 0 heterocycles. The van der Waals surface area contributed by atoms with Crippen molar-refractivity contribution in [2.24, 2.45) is 29.6 Å². The molecule has 0 aromatic heterocycles. The highest BCUT2D eigenvalue weighted by molar-refractivity contribution is 6.12. The van der Waals surface area contributed by atoms with E-state index in [0.717, 1.165) is 35.4 Å². The van der Waals surface area contributed by atoms with E-state index in [9.17, 15) is 0 Å². The lowest BCUT2D eigenvalue weighted by Crippen LogP contribution is -2.27. The van der Waals surface area contributed by atoms with Gasteiger partial charge >= 0.3 is 0 Å². The van der Waals surface area contributed by atoms with E-state index < -0.39 is 0 Å². The van der Waals surface area contributed by atoms with Crippen LogP contribution in [0.4, 0.5) is 0 Å². The molecular formula is C16H29B. The van der Waals surface area contributed by atoms with Crippen molar-refractivity contribution in [1.82, 2.24) is 0 Å². The van der Waals surface area contributed by atoms with Crippen LogP contribution in [0.5, 0.6) is 0 Å². The molecule has 0 saturated heterocycles. The Labute approximate surface area is 108 Å². The maximum Gasteiger partial charge on any atom is 0.105 e. The molecule has 0 N–H and O–H groups in total. The summed E-state index contributed by atoms with van der Waals surface area (Å²) in [5.74, 6) is 6.54. The molecule has 0 amide bonds. The van der Waals surface area contributed by atoms with Crippen LogP contribution in [0.25, 0.3) is 0 Å². The van der Waals surface area contributed by atoms with Gasteiger partial charge in [0.2, 0.25) is 0 Å². The normalized spacial score (nSPS) is 51.1. The van der Waals surface area contributed by atoms with E-state index in [2.05, 4.69) is 14.8 Å². The molecule has 96 valence electrons.